The second kappa shape index (κ2) is 10.7. The average molecular weight is 485 g/mol. The van der Waals surface area contributed by atoms with Crippen LogP contribution in [0.1, 0.15) is 31.2 Å². The normalized spacial score (nSPS) is 17.3. The fraction of sp³-hybridized carbons (Fsp3) is 0.600. The van der Waals surface area contributed by atoms with Crippen LogP contribution in [0.4, 0.5) is 5.69 Å². The van der Waals surface area contributed by atoms with E-state index in [0.29, 0.717) is 12.5 Å². The highest BCUT2D eigenvalue weighted by molar-refractivity contribution is 14.0. The second-order valence-corrected chi connectivity index (χ2v) is 7.23. The summed E-state index contributed by atoms with van der Waals surface area (Å²) in [5.74, 6) is 1.12. The zero-order valence-corrected chi connectivity index (χ0v) is 18.7. The minimum absolute atomic E-state index is 0. The molecule has 1 aliphatic carbocycles. The number of anilines is 1. The van der Waals surface area contributed by atoms with Gasteiger partial charge in [0.2, 0.25) is 5.91 Å². The number of aryl methyl sites for hydroxylation is 1. The molecule has 1 aromatic rings. The summed E-state index contributed by atoms with van der Waals surface area (Å²) in [4.78, 5) is 20.9. The minimum Gasteiger partial charge on any atom is -0.368 e. The second-order valence-electron chi connectivity index (χ2n) is 7.23. The number of nitrogens with zero attached hydrogens (tertiary/aromatic N) is 3. The molecule has 1 heterocycles. The standard InChI is InChI=1S/C20H31N5O.HI/c1-16-5-3-6-18(15-16)24-11-13-25(14-12-24)20(21-2)22-10-4-7-19(26)23-17-8-9-17;/h3,5-6,15,17H,4,7-14H2,1-2H3,(H,21,22)(H,23,26);1H. The Hall–Kier alpha value is -1.51. The maximum absolute atomic E-state index is 11.7. The van der Waals surface area contributed by atoms with Crippen molar-refractivity contribution in [3.05, 3.63) is 29.8 Å². The summed E-state index contributed by atoms with van der Waals surface area (Å²) in [5.41, 5.74) is 2.60. The van der Waals surface area contributed by atoms with Crippen molar-refractivity contribution >= 4 is 41.5 Å². The molecule has 2 aliphatic rings. The molecule has 1 amide bonds. The highest BCUT2D eigenvalue weighted by Gasteiger charge is 2.23. The van der Waals surface area contributed by atoms with Crippen LogP contribution >= 0.6 is 24.0 Å². The molecule has 1 aromatic carbocycles. The van der Waals surface area contributed by atoms with Gasteiger partial charge in [-0.3, -0.25) is 9.79 Å². The van der Waals surface area contributed by atoms with Gasteiger partial charge in [0.15, 0.2) is 5.96 Å². The Kier molecular flexibility index (Phi) is 8.66. The number of amides is 1. The van der Waals surface area contributed by atoms with E-state index in [2.05, 4.69) is 56.6 Å². The Bertz CT molecular complexity index is 639. The number of hydrogen-bond donors (Lipinski definition) is 2. The molecule has 0 atom stereocenters. The van der Waals surface area contributed by atoms with Gasteiger partial charge in [-0.15, -0.1) is 24.0 Å². The summed E-state index contributed by atoms with van der Waals surface area (Å²) in [5, 5.41) is 6.44. The molecule has 7 heteroatoms. The number of guanidine groups is 1. The summed E-state index contributed by atoms with van der Waals surface area (Å²) in [7, 11) is 1.83. The monoisotopic (exact) mass is 485 g/mol. The smallest absolute Gasteiger partial charge is 0.220 e. The van der Waals surface area contributed by atoms with Crippen LogP contribution in [0.5, 0.6) is 0 Å². The first-order chi connectivity index (χ1) is 12.7. The maximum Gasteiger partial charge on any atom is 0.220 e. The van der Waals surface area contributed by atoms with Crippen LogP contribution in [0.3, 0.4) is 0 Å². The van der Waals surface area contributed by atoms with Gasteiger partial charge in [-0.2, -0.15) is 0 Å². The first-order valence-electron chi connectivity index (χ1n) is 9.72. The largest absolute Gasteiger partial charge is 0.368 e. The molecule has 0 unspecified atom stereocenters. The van der Waals surface area contributed by atoms with Crippen LogP contribution in [0.2, 0.25) is 0 Å². The van der Waals surface area contributed by atoms with Gasteiger partial charge in [-0.25, -0.2) is 0 Å². The Balaban J connectivity index is 0.00000261. The van der Waals surface area contributed by atoms with Crippen molar-refractivity contribution in [1.82, 2.24) is 15.5 Å². The SMILES string of the molecule is CN=C(NCCCC(=O)NC1CC1)N1CCN(c2cccc(C)c2)CC1.I. The lowest BCUT2D eigenvalue weighted by molar-refractivity contribution is -0.121. The Labute approximate surface area is 179 Å². The molecule has 2 fully saturated rings. The van der Waals surface area contributed by atoms with E-state index >= 15 is 0 Å². The van der Waals surface area contributed by atoms with E-state index in [9.17, 15) is 4.79 Å². The lowest BCUT2D eigenvalue weighted by Crippen LogP contribution is -2.52. The van der Waals surface area contributed by atoms with E-state index in [1.807, 2.05) is 7.05 Å². The molecule has 3 rings (SSSR count). The summed E-state index contributed by atoms with van der Waals surface area (Å²) >= 11 is 0. The van der Waals surface area contributed by atoms with Crippen molar-refractivity contribution < 1.29 is 4.79 Å². The quantitative estimate of drug-likeness (QED) is 0.281. The Morgan fingerprint density at radius 3 is 2.59 bits per heavy atom. The number of piperazine rings is 1. The van der Waals surface area contributed by atoms with E-state index < -0.39 is 0 Å². The van der Waals surface area contributed by atoms with Crippen LogP contribution in [0, 0.1) is 6.92 Å². The van der Waals surface area contributed by atoms with E-state index in [-0.39, 0.29) is 29.9 Å². The van der Waals surface area contributed by atoms with Crippen molar-refractivity contribution in [2.75, 3.05) is 44.7 Å². The molecular formula is C20H32IN5O. The van der Waals surface area contributed by atoms with Gasteiger partial charge in [0.05, 0.1) is 0 Å². The van der Waals surface area contributed by atoms with E-state index in [1.165, 1.54) is 11.3 Å². The summed E-state index contributed by atoms with van der Waals surface area (Å²) in [6.45, 7) is 6.81. The number of nitrogens with one attached hydrogen (secondary N) is 2. The molecule has 6 nitrogen and oxygen atoms in total. The molecule has 150 valence electrons. The third-order valence-electron chi connectivity index (χ3n) is 4.96. The molecule has 0 radical (unpaired) electrons. The first kappa shape index (κ1) is 21.8. The summed E-state index contributed by atoms with van der Waals surface area (Å²) in [6, 6.07) is 9.14. The highest BCUT2D eigenvalue weighted by Crippen LogP contribution is 2.19. The Morgan fingerprint density at radius 2 is 1.96 bits per heavy atom. The average Bonchev–Trinajstić information content (AvgIpc) is 3.46. The lowest BCUT2D eigenvalue weighted by atomic mass is 10.2. The highest BCUT2D eigenvalue weighted by atomic mass is 127. The fourth-order valence-electron chi connectivity index (χ4n) is 3.31. The topological polar surface area (TPSA) is 60.0 Å². The van der Waals surface area contributed by atoms with Crippen LogP contribution in [0.25, 0.3) is 0 Å². The van der Waals surface area contributed by atoms with E-state index in [1.54, 1.807) is 0 Å². The number of hydrogen-bond acceptors (Lipinski definition) is 3. The number of rotatable bonds is 6. The molecule has 1 aliphatic heterocycles. The lowest BCUT2D eigenvalue weighted by Gasteiger charge is -2.37. The maximum atomic E-state index is 11.7. The number of carbonyl (C=O) groups excluding carboxylic acids is 1. The van der Waals surface area contributed by atoms with Gasteiger partial charge >= 0.3 is 0 Å². The van der Waals surface area contributed by atoms with Gasteiger partial charge in [-0.1, -0.05) is 12.1 Å². The van der Waals surface area contributed by atoms with Crippen molar-refractivity contribution in [1.29, 1.82) is 0 Å². The van der Waals surface area contributed by atoms with Gasteiger partial charge in [0.25, 0.3) is 0 Å². The molecule has 1 saturated heterocycles. The molecular weight excluding hydrogens is 453 g/mol. The van der Waals surface area contributed by atoms with Gasteiger partial charge < -0.3 is 20.4 Å². The van der Waals surface area contributed by atoms with Crippen LogP contribution in [0.15, 0.2) is 29.3 Å². The fourth-order valence-corrected chi connectivity index (χ4v) is 3.31. The molecule has 0 spiro atoms. The van der Waals surface area contributed by atoms with Crippen molar-refractivity contribution in [2.45, 2.75) is 38.6 Å². The van der Waals surface area contributed by atoms with Crippen LogP contribution < -0.4 is 15.5 Å². The van der Waals surface area contributed by atoms with Gasteiger partial charge in [0.1, 0.15) is 0 Å². The zero-order valence-electron chi connectivity index (χ0n) is 16.4. The van der Waals surface area contributed by atoms with Crippen molar-refractivity contribution in [3.63, 3.8) is 0 Å². The van der Waals surface area contributed by atoms with Crippen molar-refractivity contribution in [2.24, 2.45) is 4.99 Å². The predicted octanol–water partition coefficient (Wildman–Crippen LogP) is 2.37. The van der Waals surface area contributed by atoms with Crippen molar-refractivity contribution in [3.8, 4) is 0 Å². The molecule has 0 aromatic heterocycles. The van der Waals surface area contributed by atoms with E-state index in [0.717, 1.165) is 57.9 Å². The molecule has 0 bridgehead atoms. The third-order valence-corrected chi connectivity index (χ3v) is 4.96. The van der Waals surface area contributed by atoms with Gasteiger partial charge in [0, 0.05) is 57.9 Å². The summed E-state index contributed by atoms with van der Waals surface area (Å²) < 4.78 is 0. The minimum atomic E-state index is 0. The zero-order chi connectivity index (χ0) is 18.4. The summed E-state index contributed by atoms with van der Waals surface area (Å²) in [6.07, 6.45) is 3.71. The number of benzene rings is 1. The van der Waals surface area contributed by atoms with Crippen LogP contribution in [-0.4, -0.2) is 62.6 Å². The van der Waals surface area contributed by atoms with Crippen LogP contribution in [-0.2, 0) is 4.79 Å². The number of halogens is 1. The first-order valence-corrected chi connectivity index (χ1v) is 9.72. The third kappa shape index (κ3) is 6.86. The van der Waals surface area contributed by atoms with Gasteiger partial charge in [-0.05, 0) is 43.9 Å². The number of carbonyl (C=O) groups is 1. The van der Waals surface area contributed by atoms with E-state index in [4.69, 9.17) is 0 Å². The molecule has 27 heavy (non-hydrogen) atoms. The molecule has 2 N–H and O–H groups in total. The Morgan fingerprint density at radius 1 is 1.22 bits per heavy atom. The molecule has 1 saturated carbocycles. The predicted molar refractivity (Wildman–Crippen MR) is 122 cm³/mol. The number of aliphatic imine (C=N–C) groups is 1.